The number of nitrogens with zero attached hydrogens (tertiary/aromatic N) is 3. The van der Waals surface area contributed by atoms with E-state index in [2.05, 4.69) is 42.2 Å². The number of carbonyl (C=O) groups excluding carboxylic acids is 2. The molecule has 1 spiro atoms. The Morgan fingerprint density at radius 2 is 1.76 bits per heavy atom. The Hall–Kier alpha value is -1.88. The second-order valence-electron chi connectivity index (χ2n) is 8.96. The van der Waals surface area contributed by atoms with Gasteiger partial charge < -0.3 is 14.7 Å². The van der Waals surface area contributed by atoms with Crippen LogP contribution in [0.15, 0.2) is 30.3 Å². The Morgan fingerprint density at radius 1 is 1.00 bits per heavy atom. The minimum Gasteiger partial charge on any atom is -0.329 e. The third-order valence-electron chi connectivity index (χ3n) is 7.14. The molecule has 2 amide bonds. The minimum absolute atomic E-state index is 0.185. The summed E-state index contributed by atoms with van der Waals surface area (Å²) in [5.41, 5.74) is 0.834. The zero-order valence-electron chi connectivity index (χ0n) is 17.8. The molecular weight excluding hydrogens is 362 g/mol. The number of fused-ring (bicyclic) bond motifs is 1. The topological polar surface area (TPSA) is 43.9 Å². The van der Waals surface area contributed by atoms with Crippen molar-refractivity contribution in [1.82, 2.24) is 14.7 Å². The fourth-order valence-electron chi connectivity index (χ4n) is 5.53. The summed E-state index contributed by atoms with van der Waals surface area (Å²) in [5, 5.41) is 0. The number of unbranched alkanes of at least 4 members (excludes halogenated alkanes) is 1. The molecule has 0 aliphatic carbocycles. The number of benzene rings is 1. The van der Waals surface area contributed by atoms with E-state index in [9.17, 15) is 9.59 Å². The lowest BCUT2D eigenvalue weighted by Gasteiger charge is -2.53. The fourth-order valence-corrected chi connectivity index (χ4v) is 5.53. The molecule has 1 aromatic rings. The van der Waals surface area contributed by atoms with Gasteiger partial charge in [0.25, 0.3) is 0 Å². The Labute approximate surface area is 175 Å². The highest BCUT2D eigenvalue weighted by molar-refractivity contribution is 6.00. The van der Waals surface area contributed by atoms with Crippen molar-refractivity contribution >= 4 is 11.8 Å². The predicted octanol–water partition coefficient (Wildman–Crippen LogP) is 3.09. The molecule has 0 N–H and O–H groups in total. The van der Waals surface area contributed by atoms with Gasteiger partial charge in [-0.2, -0.15) is 0 Å². The van der Waals surface area contributed by atoms with E-state index in [1.165, 1.54) is 18.4 Å². The van der Waals surface area contributed by atoms with E-state index in [0.29, 0.717) is 6.54 Å². The van der Waals surface area contributed by atoms with Crippen molar-refractivity contribution in [2.24, 2.45) is 0 Å². The number of hydrogen-bond acceptors (Lipinski definition) is 3. The van der Waals surface area contributed by atoms with Crippen molar-refractivity contribution in [1.29, 1.82) is 0 Å². The van der Waals surface area contributed by atoms with Gasteiger partial charge in [0.2, 0.25) is 11.8 Å². The molecule has 0 aromatic heterocycles. The molecule has 1 unspecified atom stereocenters. The van der Waals surface area contributed by atoms with E-state index in [1.807, 2.05) is 9.80 Å². The molecule has 1 atom stereocenters. The monoisotopic (exact) mass is 397 g/mol. The maximum atomic E-state index is 13.5. The highest BCUT2D eigenvalue weighted by Crippen LogP contribution is 2.39. The lowest BCUT2D eigenvalue weighted by molar-refractivity contribution is -0.172. The number of amides is 2. The lowest BCUT2D eigenvalue weighted by Crippen LogP contribution is -2.72. The molecule has 0 radical (unpaired) electrons. The van der Waals surface area contributed by atoms with Crippen LogP contribution >= 0.6 is 0 Å². The zero-order valence-corrected chi connectivity index (χ0v) is 17.8. The third-order valence-corrected chi connectivity index (χ3v) is 7.14. The van der Waals surface area contributed by atoms with Gasteiger partial charge in [0.1, 0.15) is 11.6 Å². The summed E-state index contributed by atoms with van der Waals surface area (Å²) in [6.07, 6.45) is 7.81. The second kappa shape index (κ2) is 8.86. The summed E-state index contributed by atoms with van der Waals surface area (Å²) in [7, 11) is 0. The van der Waals surface area contributed by atoms with Crippen LogP contribution in [-0.4, -0.2) is 70.8 Å². The SMILES string of the molecule is CCCN1C(=O)C2CCCN2C(=O)C12CCN(CCCCc1ccccc1)CC2. The largest absolute Gasteiger partial charge is 0.329 e. The van der Waals surface area contributed by atoms with Crippen LogP contribution < -0.4 is 0 Å². The molecule has 4 rings (SSSR count). The van der Waals surface area contributed by atoms with Crippen LogP contribution in [0.25, 0.3) is 0 Å². The van der Waals surface area contributed by atoms with Gasteiger partial charge in [-0.05, 0) is 63.5 Å². The summed E-state index contributed by atoms with van der Waals surface area (Å²) in [6, 6.07) is 10.5. The minimum atomic E-state index is -0.575. The molecule has 5 nitrogen and oxygen atoms in total. The third kappa shape index (κ3) is 3.94. The summed E-state index contributed by atoms with van der Waals surface area (Å²) < 4.78 is 0. The normalized spacial score (nSPS) is 24.4. The van der Waals surface area contributed by atoms with Crippen LogP contribution in [0.5, 0.6) is 0 Å². The molecule has 0 saturated carbocycles. The lowest BCUT2D eigenvalue weighted by atomic mass is 9.81. The molecule has 158 valence electrons. The first-order valence-electron chi connectivity index (χ1n) is 11.5. The summed E-state index contributed by atoms with van der Waals surface area (Å²) >= 11 is 0. The van der Waals surface area contributed by atoms with E-state index >= 15 is 0 Å². The van der Waals surface area contributed by atoms with Crippen LogP contribution in [0, 0.1) is 0 Å². The smallest absolute Gasteiger partial charge is 0.249 e. The molecule has 1 aromatic carbocycles. The van der Waals surface area contributed by atoms with Crippen molar-refractivity contribution in [2.75, 3.05) is 32.7 Å². The van der Waals surface area contributed by atoms with Gasteiger partial charge in [-0.15, -0.1) is 0 Å². The van der Waals surface area contributed by atoms with Crippen molar-refractivity contribution in [3.8, 4) is 0 Å². The number of carbonyl (C=O) groups is 2. The van der Waals surface area contributed by atoms with Gasteiger partial charge in [0, 0.05) is 26.2 Å². The van der Waals surface area contributed by atoms with E-state index in [4.69, 9.17) is 0 Å². The molecule has 3 heterocycles. The van der Waals surface area contributed by atoms with Crippen LogP contribution in [-0.2, 0) is 16.0 Å². The first-order chi connectivity index (χ1) is 14.2. The maximum Gasteiger partial charge on any atom is 0.249 e. The quantitative estimate of drug-likeness (QED) is 0.664. The van der Waals surface area contributed by atoms with Crippen LogP contribution in [0.1, 0.15) is 57.4 Å². The summed E-state index contributed by atoms with van der Waals surface area (Å²) in [5.74, 6) is 0.442. The fraction of sp³-hybridized carbons (Fsp3) is 0.667. The number of aryl methyl sites for hydroxylation is 1. The highest BCUT2D eigenvalue weighted by atomic mass is 16.2. The number of hydrogen-bond donors (Lipinski definition) is 0. The summed E-state index contributed by atoms with van der Waals surface area (Å²) in [6.45, 7) is 6.51. The van der Waals surface area contributed by atoms with Crippen molar-refractivity contribution in [3.05, 3.63) is 35.9 Å². The predicted molar refractivity (Wildman–Crippen MR) is 115 cm³/mol. The van der Waals surface area contributed by atoms with Gasteiger partial charge in [0.15, 0.2) is 0 Å². The van der Waals surface area contributed by atoms with E-state index in [1.54, 1.807) is 0 Å². The first kappa shape index (κ1) is 20.4. The molecule has 3 saturated heterocycles. The van der Waals surface area contributed by atoms with E-state index in [0.717, 1.165) is 64.7 Å². The second-order valence-corrected chi connectivity index (χ2v) is 8.96. The van der Waals surface area contributed by atoms with Gasteiger partial charge in [-0.25, -0.2) is 0 Å². The Morgan fingerprint density at radius 3 is 2.48 bits per heavy atom. The maximum absolute atomic E-state index is 13.5. The number of likely N-dealkylation sites (tertiary alicyclic amines) is 1. The molecule has 3 fully saturated rings. The van der Waals surface area contributed by atoms with Crippen LogP contribution in [0.3, 0.4) is 0 Å². The van der Waals surface area contributed by atoms with Gasteiger partial charge >= 0.3 is 0 Å². The molecule has 0 bridgehead atoms. The number of rotatable bonds is 7. The Balaban J connectivity index is 1.33. The molecule has 5 heteroatoms. The average molecular weight is 398 g/mol. The van der Waals surface area contributed by atoms with E-state index in [-0.39, 0.29) is 17.9 Å². The molecule has 3 aliphatic heterocycles. The van der Waals surface area contributed by atoms with Gasteiger partial charge in [0.05, 0.1) is 0 Å². The highest BCUT2D eigenvalue weighted by Gasteiger charge is 2.57. The Bertz CT molecular complexity index is 712. The molecule has 3 aliphatic rings. The van der Waals surface area contributed by atoms with Crippen molar-refractivity contribution < 1.29 is 9.59 Å². The summed E-state index contributed by atoms with van der Waals surface area (Å²) in [4.78, 5) is 33.0. The van der Waals surface area contributed by atoms with Crippen molar-refractivity contribution in [3.63, 3.8) is 0 Å². The Kier molecular flexibility index (Phi) is 6.23. The van der Waals surface area contributed by atoms with Gasteiger partial charge in [-0.1, -0.05) is 37.3 Å². The van der Waals surface area contributed by atoms with Gasteiger partial charge in [-0.3, -0.25) is 9.59 Å². The van der Waals surface area contributed by atoms with Crippen LogP contribution in [0.4, 0.5) is 0 Å². The average Bonchev–Trinajstić information content (AvgIpc) is 3.25. The molecule has 29 heavy (non-hydrogen) atoms. The number of piperazine rings is 1. The molecular formula is C24H35N3O2. The first-order valence-corrected chi connectivity index (χ1v) is 11.5. The van der Waals surface area contributed by atoms with E-state index < -0.39 is 5.54 Å². The standard InChI is InChI=1S/C24H35N3O2/c1-2-15-27-22(28)21-12-8-17-26(21)23(29)24(27)13-18-25(19-14-24)16-7-6-11-20-9-4-3-5-10-20/h3-5,9-10,21H,2,6-8,11-19H2,1H3. The van der Waals surface area contributed by atoms with Crippen LogP contribution in [0.2, 0.25) is 0 Å². The zero-order chi connectivity index (χ0) is 20.3. The van der Waals surface area contributed by atoms with Crippen molar-refractivity contribution in [2.45, 2.75) is 69.9 Å². The number of piperidine rings is 1.